The lowest BCUT2D eigenvalue weighted by atomic mass is 10.1. The van der Waals surface area contributed by atoms with E-state index in [0.717, 1.165) is 5.56 Å². The van der Waals surface area contributed by atoms with Crippen LogP contribution >= 0.6 is 0 Å². The largest absolute Gasteiger partial charge is 0.497 e. The Hall–Kier alpha value is -2.67. The fourth-order valence-corrected chi connectivity index (χ4v) is 1.64. The van der Waals surface area contributed by atoms with E-state index in [2.05, 4.69) is 16.2 Å². The summed E-state index contributed by atoms with van der Waals surface area (Å²) in [5.41, 5.74) is 6.34. The number of carbonyl (C=O) groups excluding carboxylic acids is 1. The van der Waals surface area contributed by atoms with E-state index in [4.69, 9.17) is 20.3 Å². The van der Waals surface area contributed by atoms with Gasteiger partial charge in [0, 0.05) is 0 Å². The molecule has 109 valence electrons. The Morgan fingerprint density at radius 1 is 1.38 bits per heavy atom. The normalized spacial score (nSPS) is 10.2. The highest BCUT2D eigenvalue weighted by Gasteiger charge is 2.14. The van der Waals surface area contributed by atoms with Crippen molar-refractivity contribution in [2.45, 2.75) is 0 Å². The van der Waals surface area contributed by atoms with Crippen molar-refractivity contribution in [3.63, 3.8) is 0 Å². The fraction of sp³-hybridized carbons (Fsp3) is 0.214. The number of benzene rings is 1. The average molecular weight is 288 g/mol. The molecule has 21 heavy (non-hydrogen) atoms. The molecule has 1 amide bonds. The minimum Gasteiger partial charge on any atom is -0.497 e. The maximum Gasteiger partial charge on any atom is 0.286 e. The molecule has 0 aliphatic carbocycles. The SMILES string of the molecule is COc1ccc(-c2[c]nc(C(N)=O)nc2OCCO)cc1. The van der Waals surface area contributed by atoms with E-state index in [9.17, 15) is 4.79 Å². The van der Waals surface area contributed by atoms with Gasteiger partial charge in [0.1, 0.15) is 18.6 Å². The Labute approximate surface area is 121 Å². The van der Waals surface area contributed by atoms with Crippen LogP contribution in [0.3, 0.4) is 0 Å². The molecule has 2 rings (SSSR count). The molecule has 0 unspecified atom stereocenters. The van der Waals surface area contributed by atoms with Gasteiger partial charge in [0.05, 0.1) is 19.3 Å². The summed E-state index contributed by atoms with van der Waals surface area (Å²) in [5.74, 6) is -0.133. The van der Waals surface area contributed by atoms with Gasteiger partial charge < -0.3 is 20.3 Å². The molecule has 2 aromatic rings. The molecule has 1 aromatic carbocycles. The molecular formula is C14H14N3O4. The van der Waals surface area contributed by atoms with Crippen LogP contribution in [0.15, 0.2) is 24.3 Å². The summed E-state index contributed by atoms with van der Waals surface area (Å²) in [4.78, 5) is 18.8. The lowest BCUT2D eigenvalue weighted by Gasteiger charge is -2.10. The van der Waals surface area contributed by atoms with Crippen LogP contribution < -0.4 is 15.2 Å². The van der Waals surface area contributed by atoms with Crippen LogP contribution in [-0.4, -0.2) is 41.3 Å². The first-order chi connectivity index (χ1) is 10.2. The lowest BCUT2D eigenvalue weighted by Crippen LogP contribution is -2.16. The first-order valence-electron chi connectivity index (χ1n) is 6.13. The van der Waals surface area contributed by atoms with E-state index in [1.165, 1.54) is 0 Å². The highest BCUT2D eigenvalue weighted by molar-refractivity contribution is 5.89. The number of nitrogens with two attached hydrogens (primary N) is 1. The van der Waals surface area contributed by atoms with Crippen molar-refractivity contribution in [1.29, 1.82) is 0 Å². The van der Waals surface area contributed by atoms with Crippen LogP contribution in [0.2, 0.25) is 0 Å². The number of hydrogen-bond donors (Lipinski definition) is 2. The Morgan fingerprint density at radius 2 is 2.10 bits per heavy atom. The van der Waals surface area contributed by atoms with Gasteiger partial charge in [0.2, 0.25) is 11.7 Å². The summed E-state index contributed by atoms with van der Waals surface area (Å²) < 4.78 is 10.4. The number of amides is 1. The molecule has 0 saturated heterocycles. The van der Waals surface area contributed by atoms with E-state index in [1.807, 2.05) is 0 Å². The monoisotopic (exact) mass is 288 g/mol. The van der Waals surface area contributed by atoms with E-state index in [0.29, 0.717) is 11.3 Å². The molecule has 0 aliphatic rings. The quantitative estimate of drug-likeness (QED) is 0.797. The van der Waals surface area contributed by atoms with E-state index in [-0.39, 0.29) is 24.9 Å². The highest BCUT2D eigenvalue weighted by Crippen LogP contribution is 2.28. The minimum absolute atomic E-state index is 0.0339. The molecule has 0 fully saturated rings. The predicted octanol–water partition coefficient (Wildman–Crippen LogP) is 0.422. The molecule has 0 bridgehead atoms. The molecule has 0 aliphatic heterocycles. The molecule has 1 heterocycles. The van der Waals surface area contributed by atoms with Crippen molar-refractivity contribution in [3.05, 3.63) is 36.3 Å². The van der Waals surface area contributed by atoms with Gasteiger partial charge >= 0.3 is 0 Å². The summed E-state index contributed by atoms with van der Waals surface area (Å²) >= 11 is 0. The summed E-state index contributed by atoms with van der Waals surface area (Å²) in [7, 11) is 1.57. The summed E-state index contributed by atoms with van der Waals surface area (Å²) in [6.07, 6.45) is 2.69. The second-order valence-corrected chi connectivity index (χ2v) is 4.00. The molecule has 3 N–H and O–H groups in total. The first-order valence-corrected chi connectivity index (χ1v) is 6.13. The van der Waals surface area contributed by atoms with Crippen LogP contribution in [0.5, 0.6) is 11.6 Å². The zero-order valence-corrected chi connectivity index (χ0v) is 11.4. The standard InChI is InChI=1S/C14H14N3O4/c1-20-10-4-2-9(3-5-10)11-8-16-13(12(15)19)17-14(11)21-7-6-18/h2-5,18H,6-7H2,1H3,(H2,15,19). The first kappa shape index (κ1) is 14.7. The minimum atomic E-state index is -0.777. The molecular weight excluding hydrogens is 274 g/mol. The van der Waals surface area contributed by atoms with E-state index < -0.39 is 5.91 Å². The Morgan fingerprint density at radius 3 is 2.67 bits per heavy atom. The van der Waals surface area contributed by atoms with Crippen LogP contribution in [0.25, 0.3) is 11.1 Å². The third kappa shape index (κ3) is 3.46. The van der Waals surface area contributed by atoms with Crippen molar-refractivity contribution < 1.29 is 19.4 Å². The van der Waals surface area contributed by atoms with Gasteiger partial charge in [-0.15, -0.1) is 0 Å². The number of carbonyl (C=O) groups is 1. The number of methoxy groups -OCH3 is 1. The fourth-order valence-electron chi connectivity index (χ4n) is 1.64. The van der Waals surface area contributed by atoms with Gasteiger partial charge in [0.25, 0.3) is 5.91 Å². The maximum absolute atomic E-state index is 11.1. The predicted molar refractivity (Wildman–Crippen MR) is 74.0 cm³/mol. The maximum atomic E-state index is 11.1. The number of aliphatic hydroxyl groups excluding tert-OH is 1. The molecule has 0 atom stereocenters. The molecule has 7 nitrogen and oxygen atoms in total. The molecule has 0 spiro atoms. The summed E-state index contributed by atoms with van der Waals surface area (Å²) in [5, 5.41) is 8.85. The molecule has 7 heteroatoms. The van der Waals surface area contributed by atoms with Gasteiger partial charge in [-0.25, -0.2) is 4.98 Å². The number of aromatic nitrogens is 2. The molecule has 1 radical (unpaired) electrons. The summed E-state index contributed by atoms with van der Waals surface area (Å²) in [6, 6.07) is 7.09. The van der Waals surface area contributed by atoms with Crippen molar-refractivity contribution in [1.82, 2.24) is 9.97 Å². The Kier molecular flexibility index (Phi) is 4.68. The van der Waals surface area contributed by atoms with Gasteiger partial charge in [-0.2, -0.15) is 4.98 Å². The lowest BCUT2D eigenvalue weighted by molar-refractivity contribution is 0.0988. The van der Waals surface area contributed by atoms with Gasteiger partial charge in [-0.1, -0.05) is 12.1 Å². The van der Waals surface area contributed by atoms with Crippen molar-refractivity contribution in [2.24, 2.45) is 5.73 Å². The third-order valence-corrected chi connectivity index (χ3v) is 2.62. The van der Waals surface area contributed by atoms with Crippen molar-refractivity contribution in [3.8, 4) is 22.8 Å². The number of hydrogen-bond acceptors (Lipinski definition) is 6. The van der Waals surface area contributed by atoms with Gasteiger partial charge in [0.15, 0.2) is 0 Å². The van der Waals surface area contributed by atoms with Crippen LogP contribution in [0.1, 0.15) is 10.6 Å². The van der Waals surface area contributed by atoms with Crippen LogP contribution in [-0.2, 0) is 0 Å². The molecule has 0 saturated carbocycles. The Bertz CT molecular complexity index is 629. The number of primary amides is 1. The van der Waals surface area contributed by atoms with Gasteiger partial charge in [-0.05, 0) is 17.7 Å². The number of ether oxygens (including phenoxy) is 2. The molecule has 1 aromatic heterocycles. The second-order valence-electron chi connectivity index (χ2n) is 4.00. The van der Waals surface area contributed by atoms with E-state index >= 15 is 0 Å². The highest BCUT2D eigenvalue weighted by atomic mass is 16.5. The van der Waals surface area contributed by atoms with Gasteiger partial charge in [-0.3, -0.25) is 4.79 Å². The average Bonchev–Trinajstić information content (AvgIpc) is 2.52. The van der Waals surface area contributed by atoms with Crippen molar-refractivity contribution in [2.75, 3.05) is 20.3 Å². The zero-order valence-electron chi connectivity index (χ0n) is 11.4. The third-order valence-electron chi connectivity index (χ3n) is 2.62. The van der Waals surface area contributed by atoms with Crippen LogP contribution in [0.4, 0.5) is 0 Å². The van der Waals surface area contributed by atoms with Crippen molar-refractivity contribution >= 4 is 5.91 Å². The number of aliphatic hydroxyl groups is 1. The van der Waals surface area contributed by atoms with E-state index in [1.54, 1.807) is 31.4 Å². The van der Waals surface area contributed by atoms with Crippen LogP contribution in [0, 0.1) is 6.20 Å². The number of rotatable bonds is 6. The number of nitrogens with zero attached hydrogens (tertiary/aromatic N) is 2. The topological polar surface area (TPSA) is 108 Å². The Balaban J connectivity index is 2.42. The smallest absolute Gasteiger partial charge is 0.286 e. The zero-order chi connectivity index (χ0) is 15.2. The second kappa shape index (κ2) is 6.67. The summed E-state index contributed by atoms with van der Waals surface area (Å²) in [6.45, 7) is -0.149.